The lowest BCUT2D eigenvalue weighted by Crippen LogP contribution is -2.05. The average molecular weight is 359 g/mol. The van der Waals surface area contributed by atoms with Crippen molar-refractivity contribution < 1.29 is 19.4 Å². The van der Waals surface area contributed by atoms with Crippen LogP contribution in [0.15, 0.2) is 29.8 Å². The van der Waals surface area contributed by atoms with E-state index in [1.807, 2.05) is 0 Å². The number of fused-ring (bicyclic) bond motifs is 1. The van der Waals surface area contributed by atoms with E-state index in [-0.39, 0.29) is 11.7 Å². The molecule has 1 amide bonds. The van der Waals surface area contributed by atoms with Crippen molar-refractivity contribution in [1.29, 1.82) is 0 Å². The number of aromatic nitrogens is 2. The molecule has 2 heterocycles. The van der Waals surface area contributed by atoms with Gasteiger partial charge in [-0.2, -0.15) is 0 Å². The fourth-order valence-electron chi connectivity index (χ4n) is 2.33. The molecule has 8 heteroatoms. The normalized spacial score (nSPS) is 10.8. The van der Waals surface area contributed by atoms with Gasteiger partial charge in [0.2, 0.25) is 11.8 Å². The number of ether oxygens (including phenoxy) is 2. The third-order valence-corrected chi connectivity index (χ3v) is 4.21. The Balaban J connectivity index is 1.96. The molecule has 0 aliphatic carbocycles. The molecular weight excluding hydrogens is 342 g/mol. The summed E-state index contributed by atoms with van der Waals surface area (Å²) in [4.78, 5) is 20.5. The van der Waals surface area contributed by atoms with Crippen LogP contribution in [-0.4, -0.2) is 41.3 Å². The Morgan fingerprint density at radius 3 is 2.92 bits per heavy atom. The standard InChI is InChI=1S/C17H17N3O4S/c1-10(21)19-12-3-4-13-11(7-12)8-14(22)15(20-13)16-17(18-9-25-16)24-6-5-23-2/h3-4,7-9,22H,5-6H2,1-2H3,(H,19,21). The Morgan fingerprint density at radius 2 is 2.16 bits per heavy atom. The van der Waals surface area contributed by atoms with Gasteiger partial charge in [-0.05, 0) is 24.3 Å². The zero-order valence-electron chi connectivity index (χ0n) is 13.8. The van der Waals surface area contributed by atoms with Crippen LogP contribution in [0, 0.1) is 0 Å². The number of carbonyl (C=O) groups is 1. The van der Waals surface area contributed by atoms with Gasteiger partial charge in [0.05, 0.1) is 17.6 Å². The predicted octanol–water partition coefficient (Wildman–Crippen LogP) is 3.05. The fraction of sp³-hybridized carbons (Fsp3) is 0.235. The van der Waals surface area contributed by atoms with Gasteiger partial charge in [0.1, 0.15) is 22.9 Å². The number of rotatable bonds is 6. The Morgan fingerprint density at radius 1 is 1.32 bits per heavy atom. The van der Waals surface area contributed by atoms with Gasteiger partial charge in [-0.25, -0.2) is 9.97 Å². The molecule has 0 saturated carbocycles. The van der Waals surface area contributed by atoms with Crippen LogP contribution in [0.1, 0.15) is 6.92 Å². The van der Waals surface area contributed by atoms with Crippen LogP contribution in [0.5, 0.6) is 11.6 Å². The van der Waals surface area contributed by atoms with Gasteiger partial charge in [-0.3, -0.25) is 4.79 Å². The molecule has 0 aliphatic heterocycles. The van der Waals surface area contributed by atoms with E-state index in [0.29, 0.717) is 40.9 Å². The van der Waals surface area contributed by atoms with Crippen molar-refractivity contribution >= 4 is 33.8 Å². The van der Waals surface area contributed by atoms with Crippen LogP contribution in [0.3, 0.4) is 0 Å². The van der Waals surface area contributed by atoms with E-state index in [9.17, 15) is 9.90 Å². The second kappa shape index (κ2) is 7.45. The van der Waals surface area contributed by atoms with E-state index in [4.69, 9.17) is 9.47 Å². The summed E-state index contributed by atoms with van der Waals surface area (Å²) in [6.45, 7) is 2.25. The molecule has 1 aromatic carbocycles. The number of benzene rings is 1. The quantitative estimate of drug-likeness (QED) is 0.657. The number of nitrogens with one attached hydrogen (secondary N) is 1. The number of hydrogen-bond donors (Lipinski definition) is 2. The lowest BCUT2D eigenvalue weighted by Gasteiger charge is -2.09. The maximum Gasteiger partial charge on any atom is 0.234 e. The molecule has 0 radical (unpaired) electrons. The number of amides is 1. The van der Waals surface area contributed by atoms with E-state index in [0.717, 1.165) is 5.39 Å². The highest BCUT2D eigenvalue weighted by atomic mass is 32.1. The third kappa shape index (κ3) is 3.86. The number of pyridine rings is 1. The summed E-state index contributed by atoms with van der Waals surface area (Å²) in [5, 5.41) is 13.8. The van der Waals surface area contributed by atoms with Gasteiger partial charge < -0.3 is 19.9 Å². The Hall–Kier alpha value is -2.71. The smallest absolute Gasteiger partial charge is 0.234 e. The number of aromatic hydroxyl groups is 1. The lowest BCUT2D eigenvalue weighted by molar-refractivity contribution is -0.114. The number of thiazole rings is 1. The molecule has 0 unspecified atom stereocenters. The highest BCUT2D eigenvalue weighted by Gasteiger charge is 2.17. The lowest BCUT2D eigenvalue weighted by atomic mass is 10.1. The molecule has 0 bridgehead atoms. The summed E-state index contributed by atoms with van der Waals surface area (Å²) in [5.74, 6) is 0.281. The minimum absolute atomic E-state index is 0.0216. The van der Waals surface area contributed by atoms with Gasteiger partial charge in [-0.15, -0.1) is 11.3 Å². The number of nitrogens with zero attached hydrogens (tertiary/aromatic N) is 2. The molecule has 0 aliphatic rings. The maximum absolute atomic E-state index is 11.2. The van der Waals surface area contributed by atoms with Crippen LogP contribution in [0.2, 0.25) is 0 Å². The summed E-state index contributed by atoms with van der Waals surface area (Å²) in [7, 11) is 1.59. The predicted molar refractivity (Wildman–Crippen MR) is 96.2 cm³/mol. The molecule has 25 heavy (non-hydrogen) atoms. The number of methoxy groups -OCH3 is 1. The minimum Gasteiger partial charge on any atom is -0.506 e. The third-order valence-electron chi connectivity index (χ3n) is 3.39. The van der Waals surface area contributed by atoms with Gasteiger partial charge in [0.15, 0.2) is 0 Å². The van der Waals surface area contributed by atoms with Gasteiger partial charge in [0.25, 0.3) is 0 Å². The molecule has 0 saturated heterocycles. The van der Waals surface area contributed by atoms with Crippen LogP contribution in [-0.2, 0) is 9.53 Å². The summed E-state index contributed by atoms with van der Waals surface area (Å²) < 4.78 is 10.5. The molecule has 0 spiro atoms. The van der Waals surface area contributed by atoms with Crippen molar-refractivity contribution in [3.05, 3.63) is 29.8 Å². The van der Waals surface area contributed by atoms with Crippen molar-refractivity contribution in [2.75, 3.05) is 25.6 Å². The summed E-state index contributed by atoms with van der Waals surface area (Å²) in [6, 6.07) is 6.92. The zero-order chi connectivity index (χ0) is 17.8. The molecule has 3 aromatic rings. The fourth-order valence-corrected chi connectivity index (χ4v) is 3.06. The van der Waals surface area contributed by atoms with E-state index >= 15 is 0 Å². The van der Waals surface area contributed by atoms with Crippen molar-refractivity contribution in [3.63, 3.8) is 0 Å². The number of hydrogen-bond acceptors (Lipinski definition) is 7. The summed E-state index contributed by atoms with van der Waals surface area (Å²) in [6.07, 6.45) is 0. The van der Waals surface area contributed by atoms with Crippen LogP contribution < -0.4 is 10.1 Å². The first-order valence-corrected chi connectivity index (χ1v) is 8.43. The SMILES string of the molecule is COCCOc1ncsc1-c1nc2ccc(NC(C)=O)cc2cc1O. The van der Waals surface area contributed by atoms with Gasteiger partial charge in [-0.1, -0.05) is 0 Å². The minimum atomic E-state index is -0.157. The van der Waals surface area contributed by atoms with Crippen molar-refractivity contribution in [2.24, 2.45) is 0 Å². The first-order valence-electron chi connectivity index (χ1n) is 7.55. The van der Waals surface area contributed by atoms with Gasteiger partial charge in [0, 0.05) is 25.1 Å². The Kier molecular flexibility index (Phi) is 5.11. The molecule has 2 aromatic heterocycles. The van der Waals surface area contributed by atoms with Crippen molar-refractivity contribution in [1.82, 2.24) is 9.97 Å². The number of anilines is 1. The van der Waals surface area contributed by atoms with Crippen molar-refractivity contribution in [2.45, 2.75) is 6.92 Å². The molecule has 0 fully saturated rings. The largest absolute Gasteiger partial charge is 0.506 e. The first-order chi connectivity index (χ1) is 12.1. The van der Waals surface area contributed by atoms with Gasteiger partial charge >= 0.3 is 0 Å². The van der Waals surface area contributed by atoms with Crippen molar-refractivity contribution in [3.8, 4) is 22.2 Å². The average Bonchev–Trinajstić information content (AvgIpc) is 3.02. The van der Waals surface area contributed by atoms with E-state index < -0.39 is 0 Å². The van der Waals surface area contributed by atoms with Crippen LogP contribution in [0.4, 0.5) is 5.69 Å². The second-order valence-electron chi connectivity index (χ2n) is 5.27. The Bertz CT molecular complexity index is 910. The number of carbonyl (C=O) groups excluding carboxylic acids is 1. The molecule has 2 N–H and O–H groups in total. The first kappa shape index (κ1) is 17.1. The Labute approximate surface area is 148 Å². The van der Waals surface area contributed by atoms with Crippen LogP contribution in [0.25, 0.3) is 21.5 Å². The highest BCUT2D eigenvalue weighted by Crippen LogP contribution is 2.38. The molecule has 130 valence electrons. The monoisotopic (exact) mass is 359 g/mol. The second-order valence-corrected chi connectivity index (χ2v) is 6.13. The molecule has 3 rings (SSSR count). The van der Waals surface area contributed by atoms with E-state index in [1.54, 1.807) is 36.9 Å². The highest BCUT2D eigenvalue weighted by molar-refractivity contribution is 7.13. The van der Waals surface area contributed by atoms with E-state index in [1.165, 1.54) is 18.3 Å². The van der Waals surface area contributed by atoms with Crippen LogP contribution >= 0.6 is 11.3 Å². The topological polar surface area (TPSA) is 93.6 Å². The maximum atomic E-state index is 11.2. The summed E-state index contributed by atoms with van der Waals surface area (Å²) >= 11 is 1.34. The molecule has 7 nitrogen and oxygen atoms in total. The molecular formula is C17H17N3O4S. The van der Waals surface area contributed by atoms with E-state index in [2.05, 4.69) is 15.3 Å². The zero-order valence-corrected chi connectivity index (χ0v) is 14.6. The molecule has 0 atom stereocenters. The summed E-state index contributed by atoms with van der Waals surface area (Å²) in [5.41, 5.74) is 3.39.